The number of ether oxygens (including phenoxy) is 1. The summed E-state index contributed by atoms with van der Waals surface area (Å²) in [5.41, 5.74) is -0.0747. The Morgan fingerprint density at radius 3 is 2.12 bits per heavy atom. The number of hydrogen-bond acceptors (Lipinski definition) is 5. The van der Waals surface area contributed by atoms with Gasteiger partial charge in [-0.05, 0) is 45.0 Å². The third kappa shape index (κ3) is 6.41. The lowest BCUT2D eigenvalue weighted by molar-refractivity contribution is -0.384. The Labute approximate surface area is 135 Å². The van der Waals surface area contributed by atoms with Gasteiger partial charge in [0.15, 0.2) is 0 Å². The molecule has 10 heteroatoms. The molecular weight excluding hydrogens is 333 g/mol. The summed E-state index contributed by atoms with van der Waals surface area (Å²) in [5.74, 6) is -2.06. The van der Waals surface area contributed by atoms with E-state index < -0.39 is 17.1 Å². The highest BCUT2D eigenvalue weighted by atomic mass is 19.4. The van der Waals surface area contributed by atoms with Crippen molar-refractivity contribution in [1.29, 1.82) is 0 Å². The molecule has 0 saturated carbocycles. The van der Waals surface area contributed by atoms with E-state index in [2.05, 4.69) is 12.2 Å². The van der Waals surface area contributed by atoms with Crippen LogP contribution in [0.2, 0.25) is 0 Å². The molecule has 1 aromatic rings. The minimum atomic E-state index is -5.08. The van der Waals surface area contributed by atoms with Crippen molar-refractivity contribution in [3.63, 3.8) is 0 Å². The molecule has 1 saturated heterocycles. The highest BCUT2D eigenvalue weighted by Gasteiger charge is 2.38. The average molecular weight is 350 g/mol. The number of alkyl halides is 3. The van der Waals surface area contributed by atoms with Crippen LogP contribution in [0.15, 0.2) is 24.3 Å². The normalized spacial score (nSPS) is 16.5. The van der Waals surface area contributed by atoms with Gasteiger partial charge in [0.25, 0.3) is 5.69 Å². The molecular formula is C14H17F3N2O5. The van der Waals surface area contributed by atoms with E-state index in [0.29, 0.717) is 5.75 Å². The Hall–Kier alpha value is -2.36. The van der Waals surface area contributed by atoms with Crippen molar-refractivity contribution in [2.24, 2.45) is 0 Å². The van der Waals surface area contributed by atoms with Crippen molar-refractivity contribution in [2.45, 2.75) is 31.5 Å². The van der Waals surface area contributed by atoms with Crippen LogP contribution in [0.5, 0.6) is 5.75 Å². The first-order valence-corrected chi connectivity index (χ1v) is 6.98. The van der Waals surface area contributed by atoms with Crippen LogP contribution in [0, 0.1) is 10.1 Å². The molecule has 0 aliphatic carbocycles. The molecule has 0 aromatic heterocycles. The second-order valence-corrected chi connectivity index (χ2v) is 5.36. The van der Waals surface area contributed by atoms with Gasteiger partial charge in [-0.25, -0.2) is 4.79 Å². The highest BCUT2D eigenvalue weighted by Crippen LogP contribution is 2.27. The predicted octanol–water partition coefficient (Wildman–Crippen LogP) is 2.75. The second-order valence-electron chi connectivity index (χ2n) is 5.36. The SMILES string of the molecule is CC1(Oc2ccc([N+](=O)[O-])cc2)CCNCC1.O=C(O)C(F)(F)F. The highest BCUT2D eigenvalue weighted by molar-refractivity contribution is 5.73. The van der Waals surface area contributed by atoms with Crippen molar-refractivity contribution >= 4 is 11.7 Å². The smallest absolute Gasteiger partial charge is 0.487 e. The third-order valence-corrected chi connectivity index (χ3v) is 3.32. The average Bonchev–Trinajstić information content (AvgIpc) is 2.47. The molecule has 0 radical (unpaired) electrons. The van der Waals surface area contributed by atoms with Crippen molar-refractivity contribution < 1.29 is 32.7 Å². The van der Waals surface area contributed by atoms with Gasteiger partial charge in [-0.1, -0.05) is 0 Å². The van der Waals surface area contributed by atoms with Crippen LogP contribution in [-0.2, 0) is 4.79 Å². The summed E-state index contributed by atoms with van der Waals surface area (Å²) < 4.78 is 37.7. The number of nitrogens with zero attached hydrogens (tertiary/aromatic N) is 1. The zero-order valence-corrected chi connectivity index (χ0v) is 12.8. The van der Waals surface area contributed by atoms with Gasteiger partial charge < -0.3 is 15.2 Å². The van der Waals surface area contributed by atoms with Crippen LogP contribution in [0.3, 0.4) is 0 Å². The maximum atomic E-state index is 10.6. The van der Waals surface area contributed by atoms with Gasteiger partial charge in [0.1, 0.15) is 11.4 Å². The fourth-order valence-corrected chi connectivity index (χ4v) is 1.98. The molecule has 0 spiro atoms. The molecule has 2 rings (SSSR count). The van der Waals surface area contributed by atoms with Crippen molar-refractivity contribution in [1.82, 2.24) is 5.32 Å². The summed E-state index contributed by atoms with van der Waals surface area (Å²) in [6.07, 6.45) is -3.19. The fourth-order valence-electron chi connectivity index (χ4n) is 1.98. The van der Waals surface area contributed by atoms with E-state index in [1.165, 1.54) is 12.1 Å². The number of benzene rings is 1. The van der Waals surface area contributed by atoms with Gasteiger partial charge in [-0.15, -0.1) is 0 Å². The zero-order valence-electron chi connectivity index (χ0n) is 12.8. The topological polar surface area (TPSA) is 102 Å². The quantitative estimate of drug-likeness (QED) is 0.642. The first kappa shape index (κ1) is 19.7. The molecule has 24 heavy (non-hydrogen) atoms. The molecule has 1 heterocycles. The van der Waals surface area contributed by atoms with Crippen LogP contribution >= 0.6 is 0 Å². The molecule has 1 fully saturated rings. The number of nitrogens with one attached hydrogen (secondary N) is 1. The molecule has 1 aromatic carbocycles. The van der Waals surface area contributed by atoms with Gasteiger partial charge in [0.05, 0.1) is 4.92 Å². The Morgan fingerprint density at radius 1 is 1.29 bits per heavy atom. The summed E-state index contributed by atoms with van der Waals surface area (Å²) in [6.45, 7) is 3.97. The number of nitro groups is 1. The number of carboxylic acids is 1. The first-order valence-electron chi connectivity index (χ1n) is 6.98. The molecule has 7 nitrogen and oxygen atoms in total. The minimum absolute atomic E-state index is 0.0906. The Kier molecular flexibility index (Phi) is 6.52. The fraction of sp³-hybridized carbons (Fsp3) is 0.500. The van der Waals surface area contributed by atoms with Gasteiger partial charge in [0, 0.05) is 12.1 Å². The number of carbonyl (C=O) groups is 1. The zero-order chi connectivity index (χ0) is 18.4. The van der Waals surface area contributed by atoms with E-state index in [1.807, 2.05) is 0 Å². The Morgan fingerprint density at radius 2 is 1.75 bits per heavy atom. The molecule has 2 N–H and O–H groups in total. The summed E-state index contributed by atoms with van der Waals surface area (Å²) in [4.78, 5) is 19.0. The largest absolute Gasteiger partial charge is 0.490 e. The molecule has 1 aliphatic heterocycles. The van der Waals surface area contributed by atoms with Crippen LogP contribution in [-0.4, -0.2) is 40.9 Å². The standard InChI is InChI=1S/C12H16N2O3.C2HF3O2/c1-12(6-8-13-9-7-12)17-11-4-2-10(3-5-11)14(15)16;3-2(4,5)1(6)7/h2-5,13H,6-9H2,1H3;(H,6,7). The van der Waals surface area contributed by atoms with Crippen molar-refractivity contribution in [3.05, 3.63) is 34.4 Å². The molecule has 0 amide bonds. The molecule has 0 unspecified atom stereocenters. The summed E-state index contributed by atoms with van der Waals surface area (Å²) in [7, 11) is 0. The van der Waals surface area contributed by atoms with Crippen LogP contribution < -0.4 is 10.1 Å². The van der Waals surface area contributed by atoms with E-state index in [9.17, 15) is 23.3 Å². The number of halogens is 3. The van der Waals surface area contributed by atoms with Crippen molar-refractivity contribution in [2.75, 3.05) is 13.1 Å². The van der Waals surface area contributed by atoms with Crippen LogP contribution in [0.25, 0.3) is 0 Å². The number of carboxylic acid groups (broad SMARTS) is 1. The second kappa shape index (κ2) is 7.95. The first-order chi connectivity index (χ1) is 11.0. The van der Waals surface area contributed by atoms with E-state index >= 15 is 0 Å². The van der Waals surface area contributed by atoms with Crippen LogP contribution in [0.1, 0.15) is 19.8 Å². The molecule has 1 aliphatic rings. The number of piperidine rings is 1. The Bertz CT molecular complexity index is 569. The third-order valence-electron chi connectivity index (χ3n) is 3.32. The number of rotatable bonds is 3. The number of hydrogen-bond donors (Lipinski definition) is 2. The number of non-ortho nitro benzene ring substituents is 1. The van der Waals surface area contributed by atoms with E-state index in [0.717, 1.165) is 25.9 Å². The van der Waals surface area contributed by atoms with Gasteiger partial charge >= 0.3 is 12.1 Å². The molecule has 0 bridgehead atoms. The maximum Gasteiger partial charge on any atom is 0.490 e. The van der Waals surface area contributed by atoms with E-state index in [4.69, 9.17) is 14.6 Å². The lowest BCUT2D eigenvalue weighted by Gasteiger charge is -2.34. The molecule has 0 atom stereocenters. The van der Waals surface area contributed by atoms with E-state index in [1.54, 1.807) is 12.1 Å². The van der Waals surface area contributed by atoms with Crippen LogP contribution in [0.4, 0.5) is 18.9 Å². The van der Waals surface area contributed by atoms with Crippen molar-refractivity contribution in [3.8, 4) is 5.75 Å². The summed E-state index contributed by atoms with van der Waals surface area (Å²) in [6, 6.07) is 6.26. The lowest BCUT2D eigenvalue weighted by atomic mass is 9.94. The number of aliphatic carboxylic acids is 1. The van der Waals surface area contributed by atoms with Gasteiger partial charge in [-0.2, -0.15) is 13.2 Å². The van der Waals surface area contributed by atoms with Gasteiger partial charge in [0.2, 0.25) is 0 Å². The minimum Gasteiger partial charge on any atom is -0.487 e. The molecule has 134 valence electrons. The number of nitro benzene ring substituents is 1. The lowest BCUT2D eigenvalue weighted by Crippen LogP contribution is -2.43. The predicted molar refractivity (Wildman–Crippen MR) is 77.9 cm³/mol. The summed E-state index contributed by atoms with van der Waals surface area (Å²) in [5, 5.41) is 20.9. The summed E-state index contributed by atoms with van der Waals surface area (Å²) >= 11 is 0. The van der Waals surface area contributed by atoms with Gasteiger partial charge in [-0.3, -0.25) is 10.1 Å². The van der Waals surface area contributed by atoms with E-state index in [-0.39, 0.29) is 11.3 Å². The Balaban J connectivity index is 0.000000351. The maximum absolute atomic E-state index is 10.6. The monoisotopic (exact) mass is 350 g/mol.